The van der Waals surface area contributed by atoms with Crippen molar-refractivity contribution in [2.45, 2.75) is 31.3 Å². The second-order valence-corrected chi connectivity index (χ2v) is 9.98. The predicted octanol–water partition coefficient (Wildman–Crippen LogP) is 8.49. The van der Waals surface area contributed by atoms with Crippen molar-refractivity contribution in [2.75, 3.05) is 5.32 Å². The molecule has 4 aromatic rings. The number of amides is 1. The van der Waals surface area contributed by atoms with E-state index in [0.29, 0.717) is 29.7 Å². The van der Waals surface area contributed by atoms with Crippen LogP contribution in [-0.4, -0.2) is 17.2 Å². The Kier molecular flexibility index (Phi) is 6.90. The lowest BCUT2D eigenvalue weighted by atomic mass is 9.93. The summed E-state index contributed by atoms with van der Waals surface area (Å²) < 4.78 is 24.4. The minimum atomic E-state index is -0.784. The summed E-state index contributed by atoms with van der Waals surface area (Å²) in [6, 6.07) is 18.8. The summed E-state index contributed by atoms with van der Waals surface area (Å²) in [5.41, 5.74) is 3.31. The number of nitrogens with one attached hydrogen (secondary N) is 1. The maximum absolute atomic E-state index is 13.3. The largest absolute Gasteiger partial charge is 0.481 e. The first-order valence-corrected chi connectivity index (χ1v) is 12.6. The van der Waals surface area contributed by atoms with Crippen molar-refractivity contribution in [1.82, 2.24) is 0 Å². The zero-order valence-corrected chi connectivity index (χ0v) is 21.6. The molecule has 1 atom stereocenters. The lowest BCUT2D eigenvalue weighted by Crippen LogP contribution is -2.19. The molecule has 0 saturated heterocycles. The van der Waals surface area contributed by atoms with E-state index in [1.807, 2.05) is 48.5 Å². The molecule has 38 heavy (non-hydrogen) atoms. The molecule has 0 unspecified atom stereocenters. The molecule has 0 radical (unpaired) electrons. The van der Waals surface area contributed by atoms with Crippen molar-refractivity contribution in [2.24, 2.45) is 0 Å². The number of ether oxygens (including phenoxy) is 1. The maximum atomic E-state index is 13.3. The second-order valence-electron chi connectivity index (χ2n) is 9.17. The highest BCUT2D eigenvalue weighted by molar-refractivity contribution is 6.34. The summed E-state index contributed by atoms with van der Waals surface area (Å²) in [4.78, 5) is 24.2. The predicted molar refractivity (Wildman–Crippen MR) is 143 cm³/mol. The van der Waals surface area contributed by atoms with Gasteiger partial charge in [0.2, 0.25) is 0 Å². The van der Waals surface area contributed by atoms with Gasteiger partial charge in [-0.3, -0.25) is 10.1 Å². The van der Waals surface area contributed by atoms with Gasteiger partial charge in [-0.15, -0.1) is 0 Å². The Balaban J connectivity index is 1.30. The molecule has 2 N–H and O–H groups in total. The zero-order chi connectivity index (χ0) is 27.0. The molecular weight excluding hydrogens is 532 g/mol. The van der Waals surface area contributed by atoms with Crippen LogP contribution in [0.2, 0.25) is 10.0 Å². The number of carboxylic acid groups (broad SMARTS) is 1. The fraction of sp³-hybridized carbons (Fsp3) is 0.172. The molecule has 1 heterocycles. The van der Waals surface area contributed by atoms with Gasteiger partial charge in [-0.1, -0.05) is 77.8 Å². The fourth-order valence-electron chi connectivity index (χ4n) is 4.40. The highest BCUT2D eigenvalue weighted by atomic mass is 35.5. The molecule has 9 heteroatoms. The molecule has 1 fully saturated rings. The van der Waals surface area contributed by atoms with Gasteiger partial charge in [-0.2, -0.15) is 0 Å². The van der Waals surface area contributed by atoms with Gasteiger partial charge in [-0.05, 0) is 48.6 Å². The molecular formula is C29H22Cl2FNO5. The highest BCUT2D eigenvalue weighted by Crippen LogP contribution is 2.48. The molecule has 1 amide bonds. The van der Waals surface area contributed by atoms with Crippen LogP contribution < -0.4 is 5.32 Å². The standard InChI is InChI=1S/C29H22Cl2FNO5/c1-16(22-11-10-21(32)14-23(22)30)38-28(36)33-25-24(31)15-37-26(25)19-4-2-17(3-5-19)18-6-8-20(9-7-18)29(12-13-29)27(34)35/h2-11,14-16H,12-13H2,1H3,(H,33,36)(H,34,35)/t16-/m1/s1. The third-order valence-electron chi connectivity index (χ3n) is 6.73. The molecule has 1 aromatic heterocycles. The Hall–Kier alpha value is -3.81. The Labute approximate surface area is 227 Å². The molecule has 3 aromatic carbocycles. The van der Waals surface area contributed by atoms with Crippen molar-refractivity contribution in [3.8, 4) is 22.5 Å². The van der Waals surface area contributed by atoms with Gasteiger partial charge in [-0.25, -0.2) is 9.18 Å². The molecule has 1 aliphatic rings. The van der Waals surface area contributed by atoms with Crippen LogP contribution in [0.3, 0.4) is 0 Å². The van der Waals surface area contributed by atoms with Gasteiger partial charge in [0.1, 0.15) is 28.9 Å². The molecule has 1 aliphatic carbocycles. The maximum Gasteiger partial charge on any atom is 0.412 e. The van der Waals surface area contributed by atoms with Crippen LogP contribution >= 0.6 is 23.2 Å². The number of carbonyl (C=O) groups excluding carboxylic acids is 1. The first kappa shape index (κ1) is 25.8. The average Bonchev–Trinajstić information content (AvgIpc) is 3.64. The molecule has 6 nitrogen and oxygen atoms in total. The van der Waals surface area contributed by atoms with Crippen molar-refractivity contribution >= 4 is 41.0 Å². The van der Waals surface area contributed by atoms with E-state index in [1.165, 1.54) is 18.4 Å². The summed E-state index contributed by atoms with van der Waals surface area (Å²) in [5, 5.41) is 12.5. The number of halogens is 3. The normalized spacial score (nSPS) is 14.5. The van der Waals surface area contributed by atoms with E-state index in [4.69, 9.17) is 32.4 Å². The Morgan fingerprint density at radius 3 is 2.16 bits per heavy atom. The number of aliphatic carboxylic acids is 1. The Morgan fingerprint density at radius 1 is 0.974 bits per heavy atom. The van der Waals surface area contributed by atoms with Crippen LogP contribution in [0.5, 0.6) is 0 Å². The van der Waals surface area contributed by atoms with E-state index in [2.05, 4.69) is 5.32 Å². The monoisotopic (exact) mass is 553 g/mol. The van der Waals surface area contributed by atoms with Crippen molar-refractivity contribution in [1.29, 1.82) is 0 Å². The average molecular weight is 554 g/mol. The van der Waals surface area contributed by atoms with Crippen LogP contribution in [0, 0.1) is 5.82 Å². The van der Waals surface area contributed by atoms with Crippen molar-refractivity contribution in [3.63, 3.8) is 0 Å². The van der Waals surface area contributed by atoms with E-state index in [9.17, 15) is 19.1 Å². The fourth-order valence-corrected chi connectivity index (χ4v) is 4.90. The van der Waals surface area contributed by atoms with Crippen LogP contribution in [0.4, 0.5) is 14.9 Å². The quantitative estimate of drug-likeness (QED) is 0.239. The molecule has 0 aliphatic heterocycles. The number of carboxylic acids is 1. The third kappa shape index (κ3) is 4.99. The SMILES string of the molecule is C[C@@H](OC(=O)Nc1c(Cl)coc1-c1ccc(-c2ccc(C3(C(=O)O)CC3)cc2)cc1)c1ccc(F)cc1Cl. The molecule has 0 bridgehead atoms. The van der Waals surface area contributed by atoms with E-state index < -0.39 is 29.4 Å². The molecule has 0 spiro atoms. The second kappa shape index (κ2) is 10.2. The smallest absolute Gasteiger partial charge is 0.412 e. The highest BCUT2D eigenvalue weighted by Gasteiger charge is 2.51. The molecule has 194 valence electrons. The lowest BCUT2D eigenvalue weighted by molar-refractivity contribution is -0.140. The van der Waals surface area contributed by atoms with E-state index in [1.54, 1.807) is 6.92 Å². The van der Waals surface area contributed by atoms with Gasteiger partial charge in [0.05, 0.1) is 10.4 Å². The minimum Gasteiger partial charge on any atom is -0.481 e. The van der Waals surface area contributed by atoms with Crippen molar-refractivity contribution in [3.05, 3.63) is 100.0 Å². The van der Waals surface area contributed by atoms with E-state index in [0.717, 1.165) is 22.8 Å². The van der Waals surface area contributed by atoms with Crippen LogP contribution in [0.1, 0.15) is 37.0 Å². The molecule has 1 saturated carbocycles. The number of hydrogen-bond acceptors (Lipinski definition) is 4. The van der Waals surface area contributed by atoms with Gasteiger partial charge < -0.3 is 14.3 Å². The van der Waals surface area contributed by atoms with Crippen LogP contribution in [0.25, 0.3) is 22.5 Å². The third-order valence-corrected chi connectivity index (χ3v) is 7.34. The van der Waals surface area contributed by atoms with Gasteiger partial charge in [0.25, 0.3) is 0 Å². The first-order chi connectivity index (χ1) is 18.2. The molecule has 5 rings (SSSR count). The Morgan fingerprint density at radius 2 is 1.58 bits per heavy atom. The topological polar surface area (TPSA) is 88.8 Å². The number of hydrogen-bond donors (Lipinski definition) is 2. The summed E-state index contributed by atoms with van der Waals surface area (Å²) in [6.07, 6.45) is 1.10. The van der Waals surface area contributed by atoms with Crippen LogP contribution in [-0.2, 0) is 14.9 Å². The van der Waals surface area contributed by atoms with Gasteiger partial charge in [0.15, 0.2) is 5.76 Å². The number of furan rings is 1. The van der Waals surface area contributed by atoms with Crippen molar-refractivity contribution < 1.29 is 28.2 Å². The van der Waals surface area contributed by atoms with Crippen LogP contribution in [0.15, 0.2) is 77.4 Å². The van der Waals surface area contributed by atoms with E-state index in [-0.39, 0.29) is 15.7 Å². The summed E-state index contributed by atoms with van der Waals surface area (Å²) >= 11 is 12.3. The zero-order valence-electron chi connectivity index (χ0n) is 20.1. The lowest BCUT2D eigenvalue weighted by Gasteiger charge is -2.16. The summed E-state index contributed by atoms with van der Waals surface area (Å²) in [6.45, 7) is 1.62. The van der Waals surface area contributed by atoms with E-state index >= 15 is 0 Å². The first-order valence-electron chi connectivity index (χ1n) is 11.8. The summed E-state index contributed by atoms with van der Waals surface area (Å²) in [7, 11) is 0. The number of benzene rings is 3. The summed E-state index contributed by atoms with van der Waals surface area (Å²) in [5.74, 6) is -0.926. The number of rotatable bonds is 7. The number of carbonyl (C=O) groups is 2. The number of anilines is 1. The Bertz CT molecular complexity index is 1510. The minimum absolute atomic E-state index is 0.149. The van der Waals surface area contributed by atoms with Gasteiger partial charge in [0, 0.05) is 11.1 Å². The van der Waals surface area contributed by atoms with Gasteiger partial charge >= 0.3 is 12.1 Å².